The van der Waals surface area contributed by atoms with E-state index in [2.05, 4.69) is 4.98 Å². The van der Waals surface area contributed by atoms with Crippen LogP contribution in [-0.2, 0) is 0 Å². The molecule has 0 atom stereocenters. The minimum absolute atomic E-state index is 0.0212. The van der Waals surface area contributed by atoms with Gasteiger partial charge >= 0.3 is 5.97 Å². The summed E-state index contributed by atoms with van der Waals surface area (Å²) in [4.78, 5) is 23.9. The summed E-state index contributed by atoms with van der Waals surface area (Å²) in [5.41, 5.74) is 3.09. The largest absolute Gasteiger partial charge is 0.477 e. The molecule has 1 aromatic heterocycles. The molecule has 6 nitrogen and oxygen atoms in total. The standard InChI is InChI=1S/C13H12N2O4/c1-7-5-9(15(18)19)3-4-10(7)11-6-12(13(16)17)14-8(11)2/h3-6,14H,1-2H3,(H,16,17). The van der Waals surface area contributed by atoms with Crippen molar-refractivity contribution in [3.8, 4) is 11.1 Å². The third-order valence-electron chi connectivity index (χ3n) is 2.96. The van der Waals surface area contributed by atoms with Gasteiger partial charge in [0.1, 0.15) is 5.69 Å². The number of non-ortho nitro benzene ring substituents is 1. The lowest BCUT2D eigenvalue weighted by molar-refractivity contribution is -0.384. The fourth-order valence-electron chi connectivity index (χ4n) is 2.02. The Morgan fingerprint density at radius 2 is 1.95 bits per heavy atom. The molecule has 1 aromatic carbocycles. The number of aromatic carboxylic acids is 1. The Labute approximate surface area is 108 Å². The number of carboxylic acid groups (broad SMARTS) is 1. The highest BCUT2D eigenvalue weighted by molar-refractivity contribution is 5.88. The van der Waals surface area contributed by atoms with Gasteiger partial charge in [-0.3, -0.25) is 10.1 Å². The van der Waals surface area contributed by atoms with Gasteiger partial charge in [0.05, 0.1) is 4.92 Å². The number of nitrogens with zero attached hydrogens (tertiary/aromatic N) is 1. The molecule has 0 fully saturated rings. The molecule has 6 heteroatoms. The monoisotopic (exact) mass is 260 g/mol. The van der Waals surface area contributed by atoms with Crippen LogP contribution in [-0.4, -0.2) is 21.0 Å². The predicted molar refractivity (Wildman–Crippen MR) is 69.3 cm³/mol. The second-order valence-corrected chi connectivity index (χ2v) is 4.28. The van der Waals surface area contributed by atoms with Crippen LogP contribution < -0.4 is 0 Å². The lowest BCUT2D eigenvalue weighted by atomic mass is 10.0. The van der Waals surface area contributed by atoms with E-state index in [0.717, 1.165) is 16.7 Å². The van der Waals surface area contributed by atoms with Crippen molar-refractivity contribution in [2.45, 2.75) is 13.8 Å². The minimum atomic E-state index is -1.03. The first-order chi connectivity index (χ1) is 8.90. The van der Waals surface area contributed by atoms with Gasteiger partial charge in [-0.15, -0.1) is 0 Å². The average Bonchev–Trinajstić information content (AvgIpc) is 2.71. The zero-order chi connectivity index (χ0) is 14.2. The van der Waals surface area contributed by atoms with Crippen LogP contribution in [0.25, 0.3) is 11.1 Å². The molecule has 2 aromatic rings. The molecule has 2 N–H and O–H groups in total. The first kappa shape index (κ1) is 12.8. The average molecular weight is 260 g/mol. The molecule has 0 aliphatic rings. The molecule has 0 radical (unpaired) electrons. The Morgan fingerprint density at radius 3 is 2.42 bits per heavy atom. The third kappa shape index (κ3) is 2.33. The second kappa shape index (κ2) is 4.56. The van der Waals surface area contributed by atoms with Crippen LogP contribution in [0.3, 0.4) is 0 Å². The van der Waals surface area contributed by atoms with Gasteiger partial charge < -0.3 is 10.1 Å². The SMILES string of the molecule is Cc1cc([N+](=O)[O-])ccc1-c1cc(C(=O)O)[nH]c1C. The molecule has 0 aliphatic heterocycles. The molecule has 0 saturated carbocycles. The van der Waals surface area contributed by atoms with Crippen molar-refractivity contribution >= 4 is 11.7 Å². The number of hydrogen-bond donors (Lipinski definition) is 2. The third-order valence-corrected chi connectivity index (χ3v) is 2.96. The number of aromatic nitrogens is 1. The van der Waals surface area contributed by atoms with Crippen LogP contribution in [0.2, 0.25) is 0 Å². The van der Waals surface area contributed by atoms with Crippen molar-refractivity contribution < 1.29 is 14.8 Å². The number of rotatable bonds is 3. The molecule has 0 saturated heterocycles. The van der Waals surface area contributed by atoms with E-state index < -0.39 is 10.9 Å². The predicted octanol–water partition coefficient (Wildman–Crippen LogP) is 2.90. The Balaban J connectivity index is 2.53. The van der Waals surface area contributed by atoms with Gasteiger partial charge in [-0.2, -0.15) is 0 Å². The summed E-state index contributed by atoms with van der Waals surface area (Å²) in [6.45, 7) is 3.53. The van der Waals surface area contributed by atoms with E-state index in [4.69, 9.17) is 5.11 Å². The molecule has 0 bridgehead atoms. The van der Waals surface area contributed by atoms with E-state index in [1.165, 1.54) is 18.2 Å². The molecule has 0 amide bonds. The maximum absolute atomic E-state index is 10.9. The number of benzene rings is 1. The smallest absolute Gasteiger partial charge is 0.352 e. The molecule has 1 heterocycles. The Kier molecular flexibility index (Phi) is 3.08. The van der Waals surface area contributed by atoms with E-state index in [0.29, 0.717) is 5.69 Å². The molecule has 98 valence electrons. The number of nitrogens with one attached hydrogen (secondary N) is 1. The van der Waals surface area contributed by atoms with Gasteiger partial charge in [-0.1, -0.05) is 0 Å². The van der Waals surface area contributed by atoms with Crippen molar-refractivity contribution in [1.29, 1.82) is 0 Å². The van der Waals surface area contributed by atoms with E-state index in [1.54, 1.807) is 19.9 Å². The van der Waals surface area contributed by atoms with Crippen molar-refractivity contribution in [3.63, 3.8) is 0 Å². The van der Waals surface area contributed by atoms with Gasteiger partial charge in [0.25, 0.3) is 5.69 Å². The number of nitro groups is 1. The van der Waals surface area contributed by atoms with Crippen LogP contribution in [0.1, 0.15) is 21.7 Å². The molecule has 2 rings (SSSR count). The number of nitro benzene ring substituents is 1. The van der Waals surface area contributed by atoms with E-state index >= 15 is 0 Å². The fourth-order valence-corrected chi connectivity index (χ4v) is 2.02. The van der Waals surface area contributed by atoms with Gasteiger partial charge in [-0.05, 0) is 37.1 Å². The summed E-state index contributed by atoms with van der Waals surface area (Å²) in [7, 11) is 0. The highest BCUT2D eigenvalue weighted by Gasteiger charge is 2.15. The second-order valence-electron chi connectivity index (χ2n) is 4.28. The van der Waals surface area contributed by atoms with Crippen LogP contribution in [0, 0.1) is 24.0 Å². The number of hydrogen-bond acceptors (Lipinski definition) is 3. The highest BCUT2D eigenvalue weighted by Crippen LogP contribution is 2.29. The van der Waals surface area contributed by atoms with Crippen molar-refractivity contribution in [2.24, 2.45) is 0 Å². The van der Waals surface area contributed by atoms with E-state index in [1.807, 2.05) is 0 Å². The molecule has 0 aliphatic carbocycles. The number of H-pyrrole nitrogens is 1. The Bertz CT molecular complexity index is 673. The van der Waals surface area contributed by atoms with Crippen molar-refractivity contribution in [1.82, 2.24) is 4.98 Å². The van der Waals surface area contributed by atoms with Crippen LogP contribution in [0.5, 0.6) is 0 Å². The highest BCUT2D eigenvalue weighted by atomic mass is 16.6. The normalized spacial score (nSPS) is 10.4. The van der Waals surface area contributed by atoms with Crippen LogP contribution in [0.4, 0.5) is 5.69 Å². The lowest BCUT2D eigenvalue weighted by Gasteiger charge is -2.04. The molecule has 19 heavy (non-hydrogen) atoms. The van der Waals surface area contributed by atoms with E-state index in [-0.39, 0.29) is 11.4 Å². The van der Waals surface area contributed by atoms with Crippen molar-refractivity contribution in [2.75, 3.05) is 0 Å². The van der Waals surface area contributed by atoms with Crippen LogP contribution >= 0.6 is 0 Å². The Morgan fingerprint density at radius 1 is 1.26 bits per heavy atom. The summed E-state index contributed by atoms with van der Waals surface area (Å²) >= 11 is 0. The molecule has 0 spiro atoms. The number of aryl methyl sites for hydroxylation is 2. The summed E-state index contributed by atoms with van der Waals surface area (Å²) in [6, 6.07) is 6.05. The maximum atomic E-state index is 10.9. The first-order valence-corrected chi connectivity index (χ1v) is 5.58. The minimum Gasteiger partial charge on any atom is -0.477 e. The molecular formula is C13H12N2O4. The van der Waals surface area contributed by atoms with Gasteiger partial charge in [-0.25, -0.2) is 4.79 Å². The summed E-state index contributed by atoms with van der Waals surface area (Å²) < 4.78 is 0. The fraction of sp³-hybridized carbons (Fsp3) is 0.154. The summed E-state index contributed by atoms with van der Waals surface area (Å²) in [5.74, 6) is -1.03. The zero-order valence-electron chi connectivity index (χ0n) is 10.4. The topological polar surface area (TPSA) is 96.2 Å². The molecule has 0 unspecified atom stereocenters. The van der Waals surface area contributed by atoms with Gasteiger partial charge in [0.15, 0.2) is 0 Å². The summed E-state index contributed by atoms with van der Waals surface area (Å²) in [6.07, 6.45) is 0. The zero-order valence-corrected chi connectivity index (χ0v) is 10.4. The Hall–Kier alpha value is -2.63. The number of carbonyl (C=O) groups is 1. The molecular weight excluding hydrogens is 248 g/mol. The lowest BCUT2D eigenvalue weighted by Crippen LogP contribution is -1.95. The first-order valence-electron chi connectivity index (χ1n) is 5.58. The number of carboxylic acids is 1. The summed E-state index contributed by atoms with van der Waals surface area (Å²) in [5, 5.41) is 19.6. The quantitative estimate of drug-likeness (QED) is 0.655. The maximum Gasteiger partial charge on any atom is 0.352 e. The van der Waals surface area contributed by atoms with Crippen molar-refractivity contribution in [3.05, 3.63) is 51.3 Å². The number of aromatic amines is 1. The van der Waals surface area contributed by atoms with Crippen LogP contribution in [0.15, 0.2) is 24.3 Å². The van der Waals surface area contributed by atoms with E-state index in [9.17, 15) is 14.9 Å². The van der Waals surface area contributed by atoms with Gasteiger partial charge in [0.2, 0.25) is 0 Å². The van der Waals surface area contributed by atoms with Gasteiger partial charge in [0, 0.05) is 23.4 Å².